The van der Waals surface area contributed by atoms with Crippen LogP contribution in [0.25, 0.3) is 0 Å². The number of hydrogen-bond donors (Lipinski definition) is 4. The summed E-state index contributed by atoms with van der Waals surface area (Å²) in [6.07, 6.45) is -3.37. The van der Waals surface area contributed by atoms with Crippen molar-refractivity contribution in [2.45, 2.75) is 185 Å². The highest BCUT2D eigenvalue weighted by molar-refractivity contribution is 5.73. The van der Waals surface area contributed by atoms with E-state index in [4.69, 9.17) is 33.2 Å². The lowest BCUT2D eigenvalue weighted by atomic mass is 9.77. The Hall–Kier alpha value is -0.970. The maximum atomic E-state index is 14.2. The monoisotopic (exact) mass is 730 g/mol. The predicted octanol–water partition coefficient (Wildman–Crippen LogP) is 3.00. The molecule has 4 N–H and O–H groups in total. The van der Waals surface area contributed by atoms with Crippen molar-refractivity contribution in [2.24, 2.45) is 17.8 Å². The van der Waals surface area contributed by atoms with Crippen molar-refractivity contribution < 1.29 is 53.3 Å². The largest absolute Gasteiger partial charge is 0.459 e. The molecular weight excluding hydrogens is 660 g/mol. The van der Waals surface area contributed by atoms with Gasteiger partial charge in [0.2, 0.25) is 0 Å². The molecule has 13 nitrogen and oxygen atoms in total. The van der Waals surface area contributed by atoms with Crippen LogP contribution in [0.2, 0.25) is 0 Å². The van der Waals surface area contributed by atoms with Crippen molar-refractivity contribution in [3.63, 3.8) is 0 Å². The van der Waals surface area contributed by atoms with Crippen molar-refractivity contribution in [3.8, 4) is 0 Å². The normalized spacial score (nSPS) is 50.8. The molecule has 51 heavy (non-hydrogen) atoms. The minimum Gasteiger partial charge on any atom is -0.459 e. The topological polar surface area (TPSA) is 161 Å². The maximum absolute atomic E-state index is 14.2. The van der Waals surface area contributed by atoms with E-state index >= 15 is 0 Å². The summed E-state index contributed by atoms with van der Waals surface area (Å²) in [5.74, 6) is -2.16. The van der Waals surface area contributed by atoms with E-state index in [-0.39, 0.29) is 30.6 Å². The molecule has 0 aromatic heterocycles. The fourth-order valence-corrected chi connectivity index (χ4v) is 8.97. The number of carbonyl (C=O) groups is 1. The number of nitrogens with one attached hydrogen (secondary N) is 1. The molecule has 0 unspecified atom stereocenters. The number of aliphatic hydroxyl groups is 3. The fraction of sp³-hybridized carbons (Fsp3) is 0.974. The SMILES string of the molecule is CC[C@H]1OC(=O)[C@H](C)[C@@H](O[C@H]2C[C@@](C)(OC)[C@]3(CO3)[C@H](C)O2)[C@H](C)[C@@H](O[C@H]2C[C@@H](N(C)C)C[C@@H](C)O2)[C@](C)(O)C[C@@H](C)CN[C@H](C)[C@@H](O)[C@]1(C)O. The first-order chi connectivity index (χ1) is 23.6. The summed E-state index contributed by atoms with van der Waals surface area (Å²) < 4.78 is 44.5. The summed E-state index contributed by atoms with van der Waals surface area (Å²) in [6, 6.07) is -0.318. The molecule has 4 rings (SSSR count). The predicted molar refractivity (Wildman–Crippen MR) is 191 cm³/mol. The number of hydrogen-bond acceptors (Lipinski definition) is 13. The van der Waals surface area contributed by atoms with Crippen LogP contribution in [-0.2, 0) is 38.0 Å². The van der Waals surface area contributed by atoms with E-state index in [9.17, 15) is 20.1 Å². The third-order valence-corrected chi connectivity index (χ3v) is 12.5. The molecule has 0 bridgehead atoms. The Morgan fingerprint density at radius 1 is 0.961 bits per heavy atom. The first-order valence-electron chi connectivity index (χ1n) is 19.2. The molecule has 0 saturated carbocycles. The van der Waals surface area contributed by atoms with E-state index in [1.165, 1.54) is 6.92 Å². The summed E-state index contributed by atoms with van der Waals surface area (Å²) in [7, 11) is 5.74. The summed E-state index contributed by atoms with van der Waals surface area (Å²) in [4.78, 5) is 16.4. The molecule has 0 aliphatic carbocycles. The first-order valence-corrected chi connectivity index (χ1v) is 19.2. The van der Waals surface area contributed by atoms with Crippen molar-refractivity contribution >= 4 is 5.97 Å². The lowest BCUT2D eigenvalue weighted by Crippen LogP contribution is -2.61. The van der Waals surface area contributed by atoms with E-state index in [1.807, 2.05) is 48.7 Å². The number of methoxy groups -OCH3 is 1. The number of ether oxygens (including phenoxy) is 7. The summed E-state index contributed by atoms with van der Waals surface area (Å²) >= 11 is 0. The zero-order chi connectivity index (χ0) is 38.3. The number of epoxide rings is 1. The standard InChI is InChI=1S/C38H70N2O11/c1-14-28-37(10,44)32(41)25(6)39-19-21(2)17-35(8,43)33(51-29-16-27(40(11)12)15-22(3)47-29)23(4)31(24(5)34(42)49-28)50-30-18-36(9,45-13)38(20-46-38)26(7)48-30/h21-33,39,41,43-44H,14-20H2,1-13H3/t21-,22-,23+,24-,25-,26+,27+,28-,29+,30+,31+,32-,33-,35-,36-,37-,38+/m1/s1. The lowest BCUT2D eigenvalue weighted by molar-refractivity contribution is -0.303. The summed E-state index contributed by atoms with van der Waals surface area (Å²) in [6.45, 7) is 19.5. The molecule has 4 aliphatic rings. The van der Waals surface area contributed by atoms with E-state index in [2.05, 4.69) is 10.2 Å². The minimum absolute atomic E-state index is 0.0600. The third kappa shape index (κ3) is 9.12. The van der Waals surface area contributed by atoms with Crippen LogP contribution in [0.15, 0.2) is 0 Å². The van der Waals surface area contributed by atoms with Crippen LogP contribution >= 0.6 is 0 Å². The second-order valence-electron chi connectivity index (χ2n) is 17.2. The molecular formula is C38H70N2O11. The first kappa shape index (κ1) is 42.8. The lowest BCUT2D eigenvalue weighted by Gasteiger charge is -2.48. The fourth-order valence-electron chi connectivity index (χ4n) is 8.97. The van der Waals surface area contributed by atoms with E-state index in [0.717, 1.165) is 6.42 Å². The highest BCUT2D eigenvalue weighted by Crippen LogP contribution is 2.51. The zero-order valence-electron chi connectivity index (χ0n) is 33.5. The van der Waals surface area contributed by atoms with Gasteiger partial charge in [0.05, 0.1) is 42.5 Å². The second-order valence-corrected chi connectivity index (χ2v) is 17.2. The van der Waals surface area contributed by atoms with Gasteiger partial charge in [0.15, 0.2) is 12.6 Å². The zero-order valence-corrected chi connectivity index (χ0v) is 33.5. The Morgan fingerprint density at radius 3 is 2.18 bits per heavy atom. The van der Waals surface area contributed by atoms with Crippen molar-refractivity contribution in [1.29, 1.82) is 0 Å². The number of carbonyl (C=O) groups excluding carboxylic acids is 1. The van der Waals surface area contributed by atoms with Crippen LogP contribution in [0, 0.1) is 17.8 Å². The second kappa shape index (κ2) is 16.4. The summed E-state index contributed by atoms with van der Waals surface area (Å²) in [5, 5.41) is 38.7. The minimum atomic E-state index is -1.75. The number of rotatable bonds is 7. The Kier molecular flexibility index (Phi) is 13.8. The van der Waals surface area contributed by atoms with Gasteiger partial charge in [0, 0.05) is 38.0 Å². The van der Waals surface area contributed by atoms with Gasteiger partial charge in [-0.15, -0.1) is 0 Å². The van der Waals surface area contributed by atoms with Crippen LogP contribution in [0.4, 0.5) is 0 Å². The quantitative estimate of drug-likeness (QED) is 0.224. The van der Waals surface area contributed by atoms with Crippen LogP contribution in [0.5, 0.6) is 0 Å². The summed E-state index contributed by atoms with van der Waals surface area (Å²) in [5.41, 5.74) is -4.46. The molecule has 4 saturated heterocycles. The van der Waals surface area contributed by atoms with Gasteiger partial charge < -0.3 is 58.7 Å². The van der Waals surface area contributed by atoms with Crippen LogP contribution in [-0.4, -0.2) is 144 Å². The van der Waals surface area contributed by atoms with Gasteiger partial charge in [-0.1, -0.05) is 20.8 Å². The smallest absolute Gasteiger partial charge is 0.311 e. The highest BCUT2D eigenvalue weighted by Gasteiger charge is 2.67. The number of esters is 1. The molecule has 1 spiro atoms. The van der Waals surface area contributed by atoms with Crippen LogP contribution < -0.4 is 5.32 Å². The van der Waals surface area contributed by atoms with Crippen molar-refractivity contribution in [2.75, 3.05) is 34.4 Å². The highest BCUT2D eigenvalue weighted by atomic mass is 16.7. The van der Waals surface area contributed by atoms with E-state index in [1.54, 1.807) is 34.8 Å². The Labute approximate surface area is 306 Å². The molecule has 298 valence electrons. The van der Waals surface area contributed by atoms with Gasteiger partial charge in [-0.05, 0) is 94.3 Å². The molecule has 17 atom stereocenters. The average Bonchev–Trinajstić information content (AvgIpc) is 3.87. The van der Waals surface area contributed by atoms with Gasteiger partial charge in [-0.25, -0.2) is 0 Å². The molecule has 0 aromatic rings. The van der Waals surface area contributed by atoms with Gasteiger partial charge in [0.25, 0.3) is 0 Å². The molecule has 13 heteroatoms. The molecule has 4 aliphatic heterocycles. The number of aliphatic hydroxyl groups excluding tert-OH is 1. The van der Waals surface area contributed by atoms with Crippen molar-refractivity contribution in [1.82, 2.24) is 10.2 Å². The molecule has 0 radical (unpaired) electrons. The Morgan fingerprint density at radius 2 is 1.61 bits per heavy atom. The van der Waals surface area contributed by atoms with Gasteiger partial charge in [-0.3, -0.25) is 4.79 Å². The number of nitrogens with zero attached hydrogens (tertiary/aromatic N) is 1. The van der Waals surface area contributed by atoms with Gasteiger partial charge in [0.1, 0.15) is 29.0 Å². The average molecular weight is 731 g/mol. The Bertz CT molecular complexity index is 1150. The maximum Gasteiger partial charge on any atom is 0.311 e. The molecule has 4 fully saturated rings. The van der Waals surface area contributed by atoms with Crippen LogP contribution in [0.3, 0.4) is 0 Å². The van der Waals surface area contributed by atoms with Gasteiger partial charge >= 0.3 is 5.97 Å². The van der Waals surface area contributed by atoms with Gasteiger partial charge in [-0.2, -0.15) is 0 Å². The molecule has 4 heterocycles. The van der Waals surface area contributed by atoms with Crippen molar-refractivity contribution in [3.05, 3.63) is 0 Å². The van der Waals surface area contributed by atoms with E-state index in [0.29, 0.717) is 32.4 Å². The molecule has 0 amide bonds. The van der Waals surface area contributed by atoms with Crippen LogP contribution in [0.1, 0.15) is 101 Å². The Balaban J connectivity index is 1.76. The van der Waals surface area contributed by atoms with E-state index < -0.39 is 83.2 Å². The third-order valence-electron chi connectivity index (χ3n) is 12.5. The number of cyclic esters (lactones) is 1. The molecule has 0 aromatic carbocycles.